The molecule has 0 saturated carbocycles. The molecule has 1 heterocycles. The molecule has 19 heavy (non-hydrogen) atoms. The van der Waals surface area contributed by atoms with Gasteiger partial charge in [-0.1, -0.05) is 0 Å². The Morgan fingerprint density at radius 2 is 2.05 bits per heavy atom. The van der Waals surface area contributed by atoms with E-state index in [1.807, 2.05) is 11.8 Å². The van der Waals surface area contributed by atoms with Crippen LogP contribution in [0.5, 0.6) is 0 Å². The fourth-order valence-corrected chi connectivity index (χ4v) is 2.87. The minimum absolute atomic E-state index is 0.231. The van der Waals surface area contributed by atoms with Gasteiger partial charge in [-0.3, -0.25) is 4.79 Å². The van der Waals surface area contributed by atoms with E-state index in [0.29, 0.717) is 6.54 Å². The summed E-state index contributed by atoms with van der Waals surface area (Å²) in [6.45, 7) is 5.80. The summed E-state index contributed by atoms with van der Waals surface area (Å²) in [5.74, 6) is 1.73. The van der Waals surface area contributed by atoms with Crippen LogP contribution in [0.2, 0.25) is 0 Å². The van der Waals surface area contributed by atoms with E-state index in [1.54, 1.807) is 0 Å². The molecule has 0 spiro atoms. The number of nitrogens with zero attached hydrogens (tertiary/aromatic N) is 1. The molecule has 0 radical (unpaired) electrons. The van der Waals surface area contributed by atoms with Gasteiger partial charge in [-0.05, 0) is 0 Å². The monoisotopic (exact) mass is 289 g/mol. The number of rotatable bonds is 7. The Kier molecular flexibility index (Phi) is 7.85. The predicted molar refractivity (Wildman–Crippen MR) is 76.3 cm³/mol. The first-order chi connectivity index (χ1) is 9.13. The molecule has 1 fully saturated rings. The lowest BCUT2D eigenvalue weighted by atomic mass is 10.3. The van der Waals surface area contributed by atoms with Crippen molar-refractivity contribution in [2.75, 3.05) is 51.3 Å². The second-order valence-electron chi connectivity index (χ2n) is 4.43. The number of ether oxygens (including phenoxy) is 1. The van der Waals surface area contributed by atoms with Crippen molar-refractivity contribution in [3.05, 3.63) is 0 Å². The maximum atomic E-state index is 11.5. The Bertz CT molecular complexity index is 296. The molecule has 1 atom stereocenters. The number of hydrogen-bond acceptors (Lipinski definition) is 6. The molecule has 2 N–H and O–H groups in total. The molecule has 6 nitrogen and oxygen atoms in total. The lowest BCUT2D eigenvalue weighted by Gasteiger charge is -2.26. The van der Waals surface area contributed by atoms with Crippen LogP contribution in [0.15, 0.2) is 0 Å². The Morgan fingerprint density at radius 1 is 1.37 bits per heavy atom. The summed E-state index contributed by atoms with van der Waals surface area (Å²) in [6, 6.07) is -0.612. The van der Waals surface area contributed by atoms with Crippen molar-refractivity contribution in [2.45, 2.75) is 13.0 Å². The van der Waals surface area contributed by atoms with Crippen LogP contribution in [0, 0.1) is 0 Å². The zero-order valence-electron chi connectivity index (χ0n) is 11.6. The number of carbonyl (C=O) groups is 2. The van der Waals surface area contributed by atoms with Gasteiger partial charge < -0.3 is 20.3 Å². The van der Waals surface area contributed by atoms with Crippen molar-refractivity contribution in [3.63, 3.8) is 0 Å². The number of esters is 1. The van der Waals surface area contributed by atoms with E-state index in [-0.39, 0.29) is 5.91 Å². The largest absolute Gasteiger partial charge is 0.467 e. The highest BCUT2D eigenvalue weighted by Gasteiger charge is 2.19. The number of methoxy groups -OCH3 is 1. The van der Waals surface area contributed by atoms with Gasteiger partial charge in [0.1, 0.15) is 6.04 Å². The van der Waals surface area contributed by atoms with Crippen LogP contribution in [0.1, 0.15) is 6.92 Å². The van der Waals surface area contributed by atoms with Gasteiger partial charge in [-0.2, -0.15) is 11.8 Å². The molecule has 0 bridgehead atoms. The topological polar surface area (TPSA) is 70.7 Å². The highest BCUT2D eigenvalue weighted by Crippen LogP contribution is 2.07. The second-order valence-corrected chi connectivity index (χ2v) is 5.66. The van der Waals surface area contributed by atoms with Crippen LogP contribution in [0.4, 0.5) is 0 Å². The molecule has 1 aliphatic heterocycles. The molecule has 0 aromatic rings. The Balaban J connectivity index is 2.19. The summed E-state index contributed by atoms with van der Waals surface area (Å²) in [5.41, 5.74) is 0. The lowest BCUT2D eigenvalue weighted by molar-refractivity contribution is -0.144. The third-order valence-corrected chi connectivity index (χ3v) is 3.86. The third-order valence-electron chi connectivity index (χ3n) is 2.92. The number of hydrogen-bond donors (Lipinski definition) is 2. The highest BCUT2D eigenvalue weighted by atomic mass is 32.2. The van der Waals surface area contributed by atoms with Gasteiger partial charge in [0.25, 0.3) is 0 Å². The first kappa shape index (κ1) is 16.3. The molecular weight excluding hydrogens is 266 g/mol. The van der Waals surface area contributed by atoms with Crippen LogP contribution in [-0.2, 0) is 14.3 Å². The predicted octanol–water partition coefficient (Wildman–Crippen LogP) is -0.697. The Hall–Kier alpha value is -0.790. The number of carbonyl (C=O) groups excluding carboxylic acids is 2. The molecule has 7 heteroatoms. The molecule has 1 rings (SSSR count). The van der Waals surface area contributed by atoms with E-state index in [4.69, 9.17) is 0 Å². The van der Waals surface area contributed by atoms with Gasteiger partial charge in [-0.15, -0.1) is 0 Å². The minimum atomic E-state index is -0.612. The SMILES string of the molecule is COC(=O)C(CNCCN1CCSCC1)NC(C)=O. The van der Waals surface area contributed by atoms with E-state index in [0.717, 1.165) is 26.2 Å². The van der Waals surface area contributed by atoms with E-state index >= 15 is 0 Å². The summed E-state index contributed by atoms with van der Waals surface area (Å²) < 4.78 is 4.65. The zero-order valence-corrected chi connectivity index (χ0v) is 12.4. The first-order valence-electron chi connectivity index (χ1n) is 6.49. The van der Waals surface area contributed by atoms with Crippen molar-refractivity contribution >= 4 is 23.6 Å². The molecule has 0 aliphatic carbocycles. The number of thioether (sulfide) groups is 1. The highest BCUT2D eigenvalue weighted by molar-refractivity contribution is 7.99. The van der Waals surface area contributed by atoms with Crippen LogP contribution in [0.25, 0.3) is 0 Å². The van der Waals surface area contributed by atoms with Gasteiger partial charge in [0.15, 0.2) is 0 Å². The van der Waals surface area contributed by atoms with E-state index in [1.165, 1.54) is 25.5 Å². The summed E-state index contributed by atoms with van der Waals surface area (Å²) in [6.07, 6.45) is 0. The fraction of sp³-hybridized carbons (Fsp3) is 0.833. The van der Waals surface area contributed by atoms with E-state index in [9.17, 15) is 9.59 Å². The normalized spacial score (nSPS) is 17.8. The molecule has 110 valence electrons. The van der Waals surface area contributed by atoms with Crippen LogP contribution < -0.4 is 10.6 Å². The maximum absolute atomic E-state index is 11.5. The zero-order chi connectivity index (χ0) is 14.1. The van der Waals surface area contributed by atoms with Gasteiger partial charge in [0.2, 0.25) is 5.91 Å². The molecule has 0 aromatic heterocycles. The summed E-state index contributed by atoms with van der Waals surface area (Å²) in [7, 11) is 1.32. The minimum Gasteiger partial charge on any atom is -0.467 e. The fourth-order valence-electron chi connectivity index (χ4n) is 1.89. The number of amides is 1. The molecule has 0 aromatic carbocycles. The molecule has 1 unspecified atom stereocenters. The van der Waals surface area contributed by atoms with Crippen LogP contribution >= 0.6 is 11.8 Å². The first-order valence-corrected chi connectivity index (χ1v) is 7.64. The van der Waals surface area contributed by atoms with Gasteiger partial charge >= 0.3 is 5.97 Å². The maximum Gasteiger partial charge on any atom is 0.329 e. The van der Waals surface area contributed by atoms with Crippen LogP contribution in [-0.4, -0.2) is 74.2 Å². The molecule has 1 saturated heterocycles. The second kappa shape index (κ2) is 9.17. The van der Waals surface area contributed by atoms with Crippen molar-refractivity contribution in [1.29, 1.82) is 0 Å². The average molecular weight is 289 g/mol. The van der Waals surface area contributed by atoms with Crippen molar-refractivity contribution < 1.29 is 14.3 Å². The Morgan fingerprint density at radius 3 is 2.63 bits per heavy atom. The smallest absolute Gasteiger partial charge is 0.329 e. The molecule has 1 amide bonds. The lowest BCUT2D eigenvalue weighted by Crippen LogP contribution is -2.48. The van der Waals surface area contributed by atoms with Crippen molar-refractivity contribution in [3.8, 4) is 0 Å². The Labute approximate surface area is 118 Å². The van der Waals surface area contributed by atoms with Gasteiger partial charge in [0, 0.05) is 51.2 Å². The number of nitrogens with one attached hydrogen (secondary N) is 2. The quantitative estimate of drug-likeness (QED) is 0.477. The van der Waals surface area contributed by atoms with Crippen molar-refractivity contribution in [1.82, 2.24) is 15.5 Å². The van der Waals surface area contributed by atoms with Crippen LogP contribution in [0.3, 0.4) is 0 Å². The third kappa shape index (κ3) is 6.79. The summed E-state index contributed by atoms with van der Waals surface area (Å²) in [5, 5.41) is 5.77. The van der Waals surface area contributed by atoms with Gasteiger partial charge in [0.05, 0.1) is 7.11 Å². The van der Waals surface area contributed by atoms with Gasteiger partial charge in [-0.25, -0.2) is 4.79 Å². The molecular formula is C12H23N3O3S. The van der Waals surface area contributed by atoms with E-state index < -0.39 is 12.0 Å². The summed E-state index contributed by atoms with van der Waals surface area (Å²) in [4.78, 5) is 24.8. The van der Waals surface area contributed by atoms with Crippen molar-refractivity contribution in [2.24, 2.45) is 0 Å². The molecule has 1 aliphatic rings. The standard InChI is InChI=1S/C12H23N3O3S/c1-10(16)14-11(12(17)18-2)9-13-3-4-15-5-7-19-8-6-15/h11,13H,3-9H2,1-2H3,(H,14,16). The average Bonchev–Trinajstić information content (AvgIpc) is 2.42. The van der Waals surface area contributed by atoms with E-state index in [2.05, 4.69) is 20.3 Å². The summed E-state index contributed by atoms with van der Waals surface area (Å²) >= 11 is 1.99.